The van der Waals surface area contributed by atoms with Gasteiger partial charge in [-0.05, 0) is 19.4 Å². The molecule has 1 aromatic rings. The highest BCUT2D eigenvalue weighted by atomic mass is 79.9. The van der Waals surface area contributed by atoms with Crippen molar-refractivity contribution < 1.29 is 0 Å². The first-order valence-electron chi connectivity index (χ1n) is 5.20. The summed E-state index contributed by atoms with van der Waals surface area (Å²) in [6.45, 7) is 5.88. The van der Waals surface area contributed by atoms with Gasteiger partial charge in [0.15, 0.2) is 0 Å². The third kappa shape index (κ3) is 2.66. The lowest BCUT2D eigenvalue weighted by atomic mass is 10.0. The van der Waals surface area contributed by atoms with Crippen molar-refractivity contribution in [2.75, 3.05) is 13.1 Å². The van der Waals surface area contributed by atoms with Crippen molar-refractivity contribution in [2.24, 2.45) is 0 Å². The fourth-order valence-corrected chi connectivity index (χ4v) is 2.41. The lowest BCUT2D eigenvalue weighted by Gasteiger charge is -2.33. The molecule has 1 aromatic heterocycles. The molecular formula is C10H15BrN4. The van der Waals surface area contributed by atoms with Crippen LogP contribution in [0.25, 0.3) is 0 Å². The van der Waals surface area contributed by atoms with Crippen LogP contribution in [-0.4, -0.2) is 33.2 Å². The van der Waals surface area contributed by atoms with E-state index < -0.39 is 0 Å². The van der Waals surface area contributed by atoms with Crippen LogP contribution in [0.15, 0.2) is 17.4 Å². The predicted molar refractivity (Wildman–Crippen MR) is 62.6 cm³/mol. The van der Waals surface area contributed by atoms with Gasteiger partial charge in [0, 0.05) is 11.0 Å². The minimum Gasteiger partial charge on any atom is -0.289 e. The fourth-order valence-electron chi connectivity index (χ4n) is 2.09. The molecule has 0 unspecified atom stereocenters. The second-order valence-corrected chi connectivity index (χ2v) is 4.99. The average molecular weight is 271 g/mol. The van der Waals surface area contributed by atoms with Crippen LogP contribution in [0.1, 0.15) is 31.1 Å². The molecule has 4 nitrogen and oxygen atoms in total. The van der Waals surface area contributed by atoms with Gasteiger partial charge in [-0.2, -0.15) is 5.10 Å². The molecule has 15 heavy (non-hydrogen) atoms. The Labute approximate surface area is 97.9 Å². The summed E-state index contributed by atoms with van der Waals surface area (Å²) in [6, 6.07) is 0.371. The first kappa shape index (κ1) is 10.8. The molecule has 2 heterocycles. The number of rotatable bonds is 3. The van der Waals surface area contributed by atoms with E-state index in [1.807, 2.05) is 0 Å². The van der Waals surface area contributed by atoms with Crippen molar-refractivity contribution in [1.82, 2.24) is 20.1 Å². The Morgan fingerprint density at radius 3 is 3.20 bits per heavy atom. The van der Waals surface area contributed by atoms with Crippen LogP contribution < -0.4 is 0 Å². The van der Waals surface area contributed by atoms with Crippen molar-refractivity contribution in [3.8, 4) is 0 Å². The molecule has 1 atom stereocenters. The van der Waals surface area contributed by atoms with E-state index in [0.717, 1.165) is 29.8 Å². The van der Waals surface area contributed by atoms with E-state index in [1.165, 1.54) is 12.8 Å². The first-order chi connectivity index (χ1) is 7.27. The minimum atomic E-state index is 0.371. The summed E-state index contributed by atoms with van der Waals surface area (Å²) in [5, 5.41) is 6.88. The molecule has 1 N–H and O–H groups in total. The van der Waals surface area contributed by atoms with Crippen LogP contribution in [0.3, 0.4) is 0 Å². The van der Waals surface area contributed by atoms with Crippen molar-refractivity contribution in [1.29, 1.82) is 0 Å². The van der Waals surface area contributed by atoms with Gasteiger partial charge in [-0.1, -0.05) is 28.9 Å². The molecule has 1 fully saturated rings. The molecule has 0 saturated carbocycles. The minimum absolute atomic E-state index is 0.371. The lowest BCUT2D eigenvalue weighted by Crippen LogP contribution is -2.34. The van der Waals surface area contributed by atoms with E-state index in [1.54, 1.807) is 6.33 Å². The fraction of sp³-hybridized carbons (Fsp3) is 0.600. The molecule has 0 aliphatic carbocycles. The Bertz CT molecular complexity index is 322. The first-order valence-corrected chi connectivity index (χ1v) is 5.99. The Kier molecular flexibility index (Phi) is 3.53. The number of aromatic nitrogens is 3. The Hall–Kier alpha value is -0.680. The van der Waals surface area contributed by atoms with Crippen LogP contribution in [-0.2, 0) is 0 Å². The number of nitrogens with zero attached hydrogens (tertiary/aromatic N) is 3. The maximum absolute atomic E-state index is 4.24. The third-order valence-electron chi connectivity index (χ3n) is 2.74. The zero-order valence-corrected chi connectivity index (χ0v) is 10.2. The maximum atomic E-state index is 4.24. The van der Waals surface area contributed by atoms with Crippen LogP contribution in [0.2, 0.25) is 0 Å². The second-order valence-electron chi connectivity index (χ2n) is 3.87. The molecule has 0 radical (unpaired) electrons. The summed E-state index contributed by atoms with van der Waals surface area (Å²) in [6.07, 6.45) is 5.24. The number of hydrogen-bond acceptors (Lipinski definition) is 3. The SMILES string of the molecule is C=C(Br)CN1CCCC[C@@H]1c1ncn[nH]1. The molecule has 2 rings (SSSR count). The van der Waals surface area contributed by atoms with Crippen LogP contribution in [0, 0.1) is 0 Å². The van der Waals surface area contributed by atoms with Gasteiger partial charge in [0.2, 0.25) is 0 Å². The summed E-state index contributed by atoms with van der Waals surface area (Å²) in [4.78, 5) is 6.63. The van der Waals surface area contributed by atoms with E-state index in [-0.39, 0.29) is 0 Å². The van der Waals surface area contributed by atoms with E-state index in [0.29, 0.717) is 6.04 Å². The predicted octanol–water partition coefficient (Wildman–Crippen LogP) is 2.24. The molecule has 1 aliphatic heterocycles. The topological polar surface area (TPSA) is 44.8 Å². The number of halogens is 1. The number of nitrogens with one attached hydrogen (secondary N) is 1. The van der Waals surface area contributed by atoms with E-state index >= 15 is 0 Å². The van der Waals surface area contributed by atoms with Crippen molar-refractivity contribution >= 4 is 15.9 Å². The summed E-state index contributed by atoms with van der Waals surface area (Å²) in [5.74, 6) is 0.975. The highest BCUT2D eigenvalue weighted by Crippen LogP contribution is 2.29. The van der Waals surface area contributed by atoms with Crippen LogP contribution >= 0.6 is 15.9 Å². The summed E-state index contributed by atoms with van der Waals surface area (Å²) >= 11 is 3.42. The normalized spacial score (nSPS) is 22.9. The van der Waals surface area contributed by atoms with Gasteiger partial charge in [0.25, 0.3) is 0 Å². The van der Waals surface area contributed by atoms with E-state index in [4.69, 9.17) is 0 Å². The smallest absolute Gasteiger partial charge is 0.141 e. The Morgan fingerprint density at radius 1 is 1.67 bits per heavy atom. The van der Waals surface area contributed by atoms with E-state index in [2.05, 4.69) is 42.6 Å². The highest BCUT2D eigenvalue weighted by Gasteiger charge is 2.25. The largest absolute Gasteiger partial charge is 0.289 e. The molecule has 0 aromatic carbocycles. The quantitative estimate of drug-likeness (QED) is 0.917. The Morgan fingerprint density at radius 2 is 2.53 bits per heavy atom. The van der Waals surface area contributed by atoms with Gasteiger partial charge in [0.05, 0.1) is 6.04 Å². The van der Waals surface area contributed by atoms with Gasteiger partial charge >= 0.3 is 0 Å². The molecule has 5 heteroatoms. The van der Waals surface area contributed by atoms with Gasteiger partial charge in [-0.15, -0.1) is 0 Å². The molecular weight excluding hydrogens is 256 g/mol. The second kappa shape index (κ2) is 4.90. The molecule has 82 valence electrons. The maximum Gasteiger partial charge on any atom is 0.141 e. The molecule has 0 bridgehead atoms. The molecule has 0 amide bonds. The van der Waals surface area contributed by atoms with Gasteiger partial charge in [-0.25, -0.2) is 4.98 Å². The third-order valence-corrected chi connectivity index (χ3v) is 2.99. The average Bonchev–Trinajstić information content (AvgIpc) is 2.70. The van der Waals surface area contributed by atoms with Gasteiger partial charge < -0.3 is 0 Å². The number of hydrogen-bond donors (Lipinski definition) is 1. The number of likely N-dealkylation sites (tertiary alicyclic amines) is 1. The van der Waals surface area contributed by atoms with Crippen LogP contribution in [0.4, 0.5) is 0 Å². The van der Waals surface area contributed by atoms with Crippen molar-refractivity contribution in [3.63, 3.8) is 0 Å². The number of H-pyrrole nitrogens is 1. The van der Waals surface area contributed by atoms with Crippen LogP contribution in [0.5, 0.6) is 0 Å². The molecule has 1 saturated heterocycles. The molecule has 0 spiro atoms. The monoisotopic (exact) mass is 270 g/mol. The van der Waals surface area contributed by atoms with Gasteiger partial charge in [-0.3, -0.25) is 10.00 Å². The number of aromatic amines is 1. The van der Waals surface area contributed by atoms with Gasteiger partial charge in [0.1, 0.15) is 12.2 Å². The summed E-state index contributed by atoms with van der Waals surface area (Å²) in [5.41, 5.74) is 0. The summed E-state index contributed by atoms with van der Waals surface area (Å²) < 4.78 is 1.02. The lowest BCUT2D eigenvalue weighted by molar-refractivity contribution is 0.158. The van der Waals surface area contributed by atoms with Crippen molar-refractivity contribution in [2.45, 2.75) is 25.3 Å². The number of piperidine rings is 1. The highest BCUT2D eigenvalue weighted by molar-refractivity contribution is 9.11. The Balaban J connectivity index is 2.09. The zero-order chi connectivity index (χ0) is 10.7. The summed E-state index contributed by atoms with van der Waals surface area (Å²) in [7, 11) is 0. The van der Waals surface area contributed by atoms with E-state index in [9.17, 15) is 0 Å². The standard InChI is InChI=1S/C10H15BrN4/c1-8(11)6-15-5-3-2-4-9(15)10-12-7-13-14-10/h7,9H,1-6H2,(H,12,13,14)/t9-/m1/s1. The van der Waals surface area contributed by atoms with Crippen molar-refractivity contribution in [3.05, 3.63) is 23.2 Å². The molecule has 1 aliphatic rings. The zero-order valence-electron chi connectivity index (χ0n) is 8.62.